The van der Waals surface area contributed by atoms with E-state index < -0.39 is 0 Å². The molecule has 1 aliphatic heterocycles. The first kappa shape index (κ1) is 10.5. The van der Waals surface area contributed by atoms with E-state index >= 15 is 0 Å². The summed E-state index contributed by atoms with van der Waals surface area (Å²) in [5, 5.41) is 11.9. The normalized spacial score (nSPS) is 28.8. The molecule has 0 aromatic carbocycles. The molecular weight excluding hydrogens is 164 g/mol. The molecule has 0 aromatic heterocycles. The van der Waals surface area contributed by atoms with E-state index in [4.69, 9.17) is 10.00 Å². The lowest BCUT2D eigenvalue weighted by atomic mass is 10.0. The van der Waals surface area contributed by atoms with Gasteiger partial charge < -0.3 is 10.1 Å². The number of hydrogen-bond acceptors (Lipinski definition) is 3. The third-order valence-corrected chi connectivity index (χ3v) is 2.26. The Morgan fingerprint density at radius 3 is 2.77 bits per heavy atom. The predicted octanol–water partition coefficient (Wildman–Crippen LogP) is 1.45. The zero-order valence-electron chi connectivity index (χ0n) is 8.42. The Bertz CT molecular complexity index is 178. The summed E-state index contributed by atoms with van der Waals surface area (Å²) in [6.07, 6.45) is 2.85. The fourth-order valence-corrected chi connectivity index (χ4v) is 1.67. The largest absolute Gasteiger partial charge is 0.376 e. The smallest absolute Gasteiger partial charge is 0.0706 e. The Kier molecular flexibility index (Phi) is 4.20. The third kappa shape index (κ3) is 3.75. The fourth-order valence-electron chi connectivity index (χ4n) is 1.67. The Labute approximate surface area is 80.1 Å². The molecule has 1 saturated heterocycles. The van der Waals surface area contributed by atoms with Crippen molar-refractivity contribution in [3.8, 4) is 6.07 Å². The van der Waals surface area contributed by atoms with Crippen LogP contribution in [0.2, 0.25) is 0 Å². The van der Waals surface area contributed by atoms with E-state index in [9.17, 15) is 0 Å². The molecule has 0 amide bonds. The van der Waals surface area contributed by atoms with Crippen molar-refractivity contribution in [2.24, 2.45) is 0 Å². The highest BCUT2D eigenvalue weighted by atomic mass is 16.5. The molecule has 2 atom stereocenters. The molecule has 1 fully saturated rings. The van der Waals surface area contributed by atoms with Gasteiger partial charge >= 0.3 is 0 Å². The maximum Gasteiger partial charge on any atom is 0.0706 e. The van der Waals surface area contributed by atoms with Crippen molar-refractivity contribution in [3.05, 3.63) is 0 Å². The molecule has 1 rings (SSSR count). The van der Waals surface area contributed by atoms with E-state index in [1.165, 1.54) is 0 Å². The van der Waals surface area contributed by atoms with Gasteiger partial charge in [-0.15, -0.1) is 0 Å². The van der Waals surface area contributed by atoms with Crippen molar-refractivity contribution in [3.63, 3.8) is 0 Å². The maximum atomic E-state index is 8.48. The topological polar surface area (TPSA) is 45.0 Å². The van der Waals surface area contributed by atoms with Crippen molar-refractivity contribution >= 4 is 0 Å². The summed E-state index contributed by atoms with van der Waals surface area (Å²) in [6.45, 7) is 5.03. The van der Waals surface area contributed by atoms with E-state index in [2.05, 4.69) is 25.2 Å². The van der Waals surface area contributed by atoms with Crippen LogP contribution in [-0.2, 0) is 4.74 Å². The molecule has 0 saturated carbocycles. The molecule has 13 heavy (non-hydrogen) atoms. The molecule has 0 radical (unpaired) electrons. The summed E-state index contributed by atoms with van der Waals surface area (Å²) < 4.78 is 5.55. The van der Waals surface area contributed by atoms with E-state index in [0.29, 0.717) is 18.5 Å². The Hall–Kier alpha value is -0.590. The van der Waals surface area contributed by atoms with Gasteiger partial charge in [0.25, 0.3) is 0 Å². The summed E-state index contributed by atoms with van der Waals surface area (Å²) in [5.74, 6) is 0. The monoisotopic (exact) mass is 182 g/mol. The van der Waals surface area contributed by atoms with Crippen molar-refractivity contribution < 1.29 is 4.74 Å². The number of ether oxygens (including phenoxy) is 1. The molecule has 0 unspecified atom stereocenters. The summed E-state index contributed by atoms with van der Waals surface area (Å²) in [6, 6.07) is 3.14. The standard InChI is InChI=1S/C10H18N2O/c1-8(2)12-9-3-4-10(5-6-11)13-7-9/h8-10,12H,3-5,7H2,1-2H3/t9-,10+/m0/s1. The van der Waals surface area contributed by atoms with Crippen LogP contribution in [0.1, 0.15) is 33.1 Å². The van der Waals surface area contributed by atoms with E-state index in [1.807, 2.05) is 0 Å². The molecule has 1 heterocycles. The van der Waals surface area contributed by atoms with Gasteiger partial charge in [-0.05, 0) is 12.8 Å². The van der Waals surface area contributed by atoms with E-state index in [-0.39, 0.29) is 6.10 Å². The Morgan fingerprint density at radius 1 is 1.54 bits per heavy atom. The lowest BCUT2D eigenvalue weighted by Gasteiger charge is -2.29. The van der Waals surface area contributed by atoms with Gasteiger partial charge in [-0.3, -0.25) is 0 Å². The number of nitrogens with one attached hydrogen (secondary N) is 1. The molecule has 74 valence electrons. The third-order valence-electron chi connectivity index (χ3n) is 2.26. The Morgan fingerprint density at radius 2 is 2.31 bits per heavy atom. The van der Waals surface area contributed by atoms with Crippen LogP contribution in [0, 0.1) is 11.3 Å². The SMILES string of the molecule is CC(C)N[C@H]1CC[C@H](CC#N)OC1. The number of hydrogen-bond donors (Lipinski definition) is 1. The second-order valence-corrected chi connectivity index (χ2v) is 3.91. The molecule has 0 spiro atoms. The molecular formula is C10H18N2O. The molecule has 0 aliphatic carbocycles. The molecule has 1 aliphatic rings. The highest BCUT2D eigenvalue weighted by Crippen LogP contribution is 2.16. The number of nitriles is 1. The van der Waals surface area contributed by atoms with Crippen LogP contribution in [0.3, 0.4) is 0 Å². The van der Waals surface area contributed by atoms with Gasteiger partial charge in [-0.1, -0.05) is 13.8 Å². The first-order valence-corrected chi connectivity index (χ1v) is 4.97. The van der Waals surface area contributed by atoms with Crippen molar-refractivity contribution in [2.75, 3.05) is 6.61 Å². The second-order valence-electron chi connectivity index (χ2n) is 3.91. The summed E-state index contributed by atoms with van der Waals surface area (Å²) >= 11 is 0. The van der Waals surface area contributed by atoms with Crippen LogP contribution in [0.5, 0.6) is 0 Å². The molecule has 3 heteroatoms. The first-order chi connectivity index (χ1) is 6.22. The van der Waals surface area contributed by atoms with Gasteiger partial charge in [0.1, 0.15) is 0 Å². The fraction of sp³-hybridized carbons (Fsp3) is 0.900. The summed E-state index contributed by atoms with van der Waals surface area (Å²) in [7, 11) is 0. The molecule has 0 aromatic rings. The van der Waals surface area contributed by atoms with Crippen molar-refractivity contribution in [1.29, 1.82) is 5.26 Å². The number of rotatable bonds is 3. The molecule has 0 bridgehead atoms. The van der Waals surface area contributed by atoms with Gasteiger partial charge in [0.15, 0.2) is 0 Å². The van der Waals surface area contributed by atoms with E-state index in [1.54, 1.807) is 0 Å². The average molecular weight is 182 g/mol. The van der Waals surface area contributed by atoms with Crippen molar-refractivity contribution in [1.82, 2.24) is 5.32 Å². The lowest BCUT2D eigenvalue weighted by molar-refractivity contribution is -0.00113. The summed E-state index contributed by atoms with van der Waals surface area (Å²) in [5.41, 5.74) is 0. The van der Waals surface area contributed by atoms with Gasteiger partial charge in [0.2, 0.25) is 0 Å². The van der Waals surface area contributed by atoms with Crippen LogP contribution >= 0.6 is 0 Å². The molecule has 1 N–H and O–H groups in total. The number of nitrogens with zero attached hydrogens (tertiary/aromatic N) is 1. The predicted molar refractivity (Wildman–Crippen MR) is 51.3 cm³/mol. The van der Waals surface area contributed by atoms with Crippen LogP contribution < -0.4 is 5.32 Å². The van der Waals surface area contributed by atoms with E-state index in [0.717, 1.165) is 19.4 Å². The first-order valence-electron chi connectivity index (χ1n) is 4.97. The minimum Gasteiger partial charge on any atom is -0.376 e. The lowest BCUT2D eigenvalue weighted by Crippen LogP contribution is -2.42. The van der Waals surface area contributed by atoms with Gasteiger partial charge in [0.05, 0.1) is 25.2 Å². The van der Waals surface area contributed by atoms with Crippen LogP contribution in [0.15, 0.2) is 0 Å². The highest BCUT2D eigenvalue weighted by molar-refractivity contribution is 4.82. The zero-order chi connectivity index (χ0) is 9.68. The van der Waals surface area contributed by atoms with Gasteiger partial charge in [-0.2, -0.15) is 5.26 Å². The summed E-state index contributed by atoms with van der Waals surface area (Å²) in [4.78, 5) is 0. The highest BCUT2D eigenvalue weighted by Gasteiger charge is 2.21. The zero-order valence-corrected chi connectivity index (χ0v) is 8.42. The quantitative estimate of drug-likeness (QED) is 0.718. The van der Waals surface area contributed by atoms with Crippen molar-refractivity contribution in [2.45, 2.75) is 51.3 Å². The van der Waals surface area contributed by atoms with Crippen LogP contribution in [0.4, 0.5) is 0 Å². The second kappa shape index (κ2) is 5.21. The van der Waals surface area contributed by atoms with Gasteiger partial charge in [0, 0.05) is 12.1 Å². The van der Waals surface area contributed by atoms with Crippen LogP contribution in [0.25, 0.3) is 0 Å². The minimum absolute atomic E-state index is 0.176. The maximum absolute atomic E-state index is 8.48. The van der Waals surface area contributed by atoms with Gasteiger partial charge in [-0.25, -0.2) is 0 Å². The average Bonchev–Trinajstić information content (AvgIpc) is 2.08. The minimum atomic E-state index is 0.176. The Balaban J connectivity index is 2.19. The van der Waals surface area contributed by atoms with Crippen LogP contribution in [-0.4, -0.2) is 24.8 Å². The molecule has 3 nitrogen and oxygen atoms in total.